The summed E-state index contributed by atoms with van der Waals surface area (Å²) in [4.78, 5) is 16.4. The molecule has 6 N–H and O–H groups in total. The fraction of sp³-hybridized carbons (Fsp3) is 0.300. The highest BCUT2D eigenvalue weighted by atomic mass is 32.3. The lowest BCUT2D eigenvalue weighted by atomic mass is 9.89. The first-order valence-electron chi connectivity index (χ1n) is 9.41. The molecule has 4 rings (SSSR count). The summed E-state index contributed by atoms with van der Waals surface area (Å²) in [5, 5.41) is 25.8. The molecular weight excluding hydrogens is 423 g/mol. The summed E-state index contributed by atoms with van der Waals surface area (Å²) in [6.45, 7) is 2.14. The molecule has 2 aromatic rings. The van der Waals surface area contributed by atoms with Gasteiger partial charge in [0.25, 0.3) is 5.91 Å². The average molecular weight is 444 g/mol. The summed E-state index contributed by atoms with van der Waals surface area (Å²) in [5.41, 5.74) is -0.469. The van der Waals surface area contributed by atoms with Gasteiger partial charge >= 0.3 is 0 Å². The van der Waals surface area contributed by atoms with Crippen LogP contribution < -0.4 is 16.0 Å². The van der Waals surface area contributed by atoms with Crippen molar-refractivity contribution in [1.29, 1.82) is 10.7 Å². The minimum atomic E-state index is -3.23. The second kappa shape index (κ2) is 7.28. The molecule has 1 aromatic heterocycles. The first kappa shape index (κ1) is 21.2. The SMILES string of the molecule is C[C@@]1(c2cc(NC(=O)c3ccc(C#N)cn3)ccc2F)CS(O)(O)C2(CNC2)C(=N)N1. The van der Waals surface area contributed by atoms with Gasteiger partial charge in [0.2, 0.25) is 0 Å². The summed E-state index contributed by atoms with van der Waals surface area (Å²) < 4.78 is 35.3. The molecule has 3 heterocycles. The van der Waals surface area contributed by atoms with Crippen LogP contribution >= 0.6 is 10.6 Å². The van der Waals surface area contributed by atoms with E-state index in [1.807, 2.05) is 6.07 Å². The van der Waals surface area contributed by atoms with Gasteiger partial charge in [0.1, 0.15) is 28.2 Å². The Bertz CT molecular complexity index is 1110. The molecule has 0 aliphatic carbocycles. The zero-order valence-corrected chi connectivity index (χ0v) is 17.4. The third-order valence-electron chi connectivity index (χ3n) is 5.74. The van der Waals surface area contributed by atoms with Crippen LogP contribution in [0, 0.1) is 22.6 Å². The number of hydrogen-bond donors (Lipinski definition) is 6. The fourth-order valence-electron chi connectivity index (χ4n) is 3.85. The monoisotopic (exact) mass is 444 g/mol. The van der Waals surface area contributed by atoms with Crippen LogP contribution in [0.4, 0.5) is 10.1 Å². The first-order chi connectivity index (χ1) is 14.6. The van der Waals surface area contributed by atoms with E-state index in [-0.39, 0.29) is 41.6 Å². The fourth-order valence-corrected chi connectivity index (χ4v) is 6.20. The number of nitrogens with zero attached hydrogens (tertiary/aromatic N) is 2. The van der Waals surface area contributed by atoms with Crippen LogP contribution in [0.5, 0.6) is 0 Å². The van der Waals surface area contributed by atoms with Crippen molar-refractivity contribution in [3.05, 3.63) is 59.2 Å². The molecule has 11 heteroatoms. The van der Waals surface area contributed by atoms with Crippen LogP contribution in [-0.2, 0) is 5.54 Å². The quantitative estimate of drug-likeness (QED) is 0.424. The zero-order chi connectivity index (χ0) is 22.4. The van der Waals surface area contributed by atoms with Crippen molar-refractivity contribution in [3.8, 4) is 6.07 Å². The molecule has 1 aromatic carbocycles. The van der Waals surface area contributed by atoms with E-state index >= 15 is 0 Å². The number of rotatable bonds is 3. The van der Waals surface area contributed by atoms with Crippen LogP contribution in [0.1, 0.15) is 28.5 Å². The van der Waals surface area contributed by atoms with Gasteiger partial charge in [-0.3, -0.25) is 19.3 Å². The molecule has 1 amide bonds. The van der Waals surface area contributed by atoms with Crippen molar-refractivity contribution in [2.75, 3.05) is 24.2 Å². The second-order valence-corrected chi connectivity index (χ2v) is 10.3. The number of halogens is 1. The van der Waals surface area contributed by atoms with Gasteiger partial charge in [0.05, 0.1) is 16.9 Å². The molecule has 0 radical (unpaired) electrons. The summed E-state index contributed by atoms with van der Waals surface area (Å²) in [7, 11) is -3.23. The lowest BCUT2D eigenvalue weighted by Crippen LogP contribution is -2.75. The van der Waals surface area contributed by atoms with Gasteiger partial charge < -0.3 is 16.0 Å². The molecule has 162 valence electrons. The number of amides is 1. The lowest BCUT2D eigenvalue weighted by Gasteiger charge is -2.62. The second-order valence-electron chi connectivity index (χ2n) is 7.93. The number of hydrogen-bond acceptors (Lipinski definition) is 7. The maximum atomic E-state index is 14.8. The standard InChI is InChI=1S/C20H21FN6O3S/c1-19(11-31(29,30)20(9-24-10-20)18(23)27-19)14-6-13(3-4-15(14)21)26-17(28)16-5-2-12(7-22)8-25-16/h2-6,8,24,29-30H,9-11H2,1H3,(H2,23,27)(H,26,28)/t19-/m0/s1. The topological polar surface area (TPSA) is 154 Å². The van der Waals surface area contributed by atoms with Crippen LogP contribution in [0.25, 0.3) is 0 Å². The largest absolute Gasteiger partial charge is 0.361 e. The van der Waals surface area contributed by atoms with Crippen molar-refractivity contribution in [2.45, 2.75) is 17.2 Å². The van der Waals surface area contributed by atoms with Crippen LogP contribution in [0.2, 0.25) is 0 Å². The Hall–Kier alpha value is -3.04. The highest BCUT2D eigenvalue weighted by Crippen LogP contribution is 2.60. The predicted molar refractivity (Wildman–Crippen MR) is 115 cm³/mol. The Morgan fingerprint density at radius 3 is 2.65 bits per heavy atom. The molecule has 9 nitrogen and oxygen atoms in total. The van der Waals surface area contributed by atoms with Crippen molar-refractivity contribution >= 4 is 28.0 Å². The van der Waals surface area contributed by atoms with Crippen molar-refractivity contribution < 1.29 is 18.3 Å². The summed E-state index contributed by atoms with van der Waals surface area (Å²) in [5.74, 6) is -1.36. The number of amidine groups is 1. The maximum absolute atomic E-state index is 14.8. The molecular formula is C20H21FN6O3S. The summed E-state index contributed by atoms with van der Waals surface area (Å²) >= 11 is 0. The van der Waals surface area contributed by atoms with E-state index in [1.165, 1.54) is 36.5 Å². The number of carbonyl (C=O) groups is 1. The Balaban J connectivity index is 1.61. The van der Waals surface area contributed by atoms with Gasteiger partial charge in [0.15, 0.2) is 0 Å². The molecule has 2 aliphatic heterocycles. The number of pyridine rings is 1. The van der Waals surface area contributed by atoms with Gasteiger partial charge in [0, 0.05) is 30.5 Å². The van der Waals surface area contributed by atoms with E-state index in [1.54, 1.807) is 6.92 Å². The number of benzene rings is 1. The van der Waals surface area contributed by atoms with Gasteiger partial charge in [-0.25, -0.2) is 9.37 Å². The molecule has 0 saturated carbocycles. The van der Waals surface area contributed by atoms with E-state index in [0.29, 0.717) is 5.56 Å². The molecule has 2 saturated heterocycles. The lowest BCUT2D eigenvalue weighted by molar-refractivity contribution is 0.102. The zero-order valence-electron chi connectivity index (χ0n) is 16.6. The normalized spacial score (nSPS) is 24.4. The predicted octanol–water partition coefficient (Wildman–Crippen LogP) is 2.23. The van der Waals surface area contributed by atoms with Crippen molar-refractivity contribution in [3.63, 3.8) is 0 Å². The Morgan fingerprint density at radius 2 is 2.10 bits per heavy atom. The molecule has 1 atom stereocenters. The minimum absolute atomic E-state index is 0.0457. The third-order valence-corrected chi connectivity index (χ3v) is 8.46. The number of nitriles is 1. The number of anilines is 1. The van der Waals surface area contributed by atoms with Gasteiger partial charge in [-0.2, -0.15) is 15.9 Å². The van der Waals surface area contributed by atoms with Gasteiger partial charge in [-0.15, -0.1) is 0 Å². The van der Waals surface area contributed by atoms with E-state index in [2.05, 4.69) is 20.9 Å². The number of carbonyl (C=O) groups excluding carboxylic acids is 1. The van der Waals surface area contributed by atoms with Crippen LogP contribution in [0.15, 0.2) is 36.5 Å². The Kier molecular flexibility index (Phi) is 4.98. The van der Waals surface area contributed by atoms with E-state index in [9.17, 15) is 18.3 Å². The minimum Gasteiger partial charge on any atom is -0.361 e. The third kappa shape index (κ3) is 3.43. The molecule has 0 bridgehead atoms. The summed E-state index contributed by atoms with van der Waals surface area (Å²) in [6.07, 6.45) is 1.28. The summed E-state index contributed by atoms with van der Waals surface area (Å²) in [6, 6.07) is 8.75. The number of aromatic nitrogens is 1. The molecule has 0 unspecified atom stereocenters. The highest BCUT2D eigenvalue weighted by molar-refractivity contribution is 8.26. The van der Waals surface area contributed by atoms with Crippen molar-refractivity contribution in [2.24, 2.45) is 0 Å². The molecule has 2 aliphatic rings. The van der Waals surface area contributed by atoms with Gasteiger partial charge in [-0.1, -0.05) is 0 Å². The molecule has 1 spiro atoms. The van der Waals surface area contributed by atoms with Crippen LogP contribution in [-0.4, -0.2) is 49.4 Å². The average Bonchev–Trinajstić information content (AvgIpc) is 2.67. The highest BCUT2D eigenvalue weighted by Gasteiger charge is 2.59. The van der Waals surface area contributed by atoms with Gasteiger partial charge in [-0.05, 0) is 37.3 Å². The molecule has 2 fully saturated rings. The smallest absolute Gasteiger partial charge is 0.274 e. The van der Waals surface area contributed by atoms with Crippen LogP contribution in [0.3, 0.4) is 0 Å². The van der Waals surface area contributed by atoms with E-state index < -0.39 is 32.6 Å². The Morgan fingerprint density at radius 1 is 1.35 bits per heavy atom. The number of nitrogens with one attached hydrogen (secondary N) is 4. The van der Waals surface area contributed by atoms with E-state index in [0.717, 1.165) is 0 Å². The maximum Gasteiger partial charge on any atom is 0.274 e. The molecule has 31 heavy (non-hydrogen) atoms. The van der Waals surface area contributed by atoms with E-state index in [4.69, 9.17) is 10.7 Å². The first-order valence-corrected chi connectivity index (χ1v) is 11.1. The Labute approximate surface area is 179 Å². The van der Waals surface area contributed by atoms with Crippen molar-refractivity contribution in [1.82, 2.24) is 15.6 Å².